The molecule has 2 rings (SSSR count). The summed E-state index contributed by atoms with van der Waals surface area (Å²) in [7, 11) is 0. The largest absolute Gasteiger partial charge is 0.346 e. The number of nitrogens with zero attached hydrogens (tertiary/aromatic N) is 1. The Bertz CT molecular complexity index is 548. The third-order valence-corrected chi connectivity index (χ3v) is 5.79. The Labute approximate surface area is 159 Å². The molecular formula is C21H36N3S+. The van der Waals surface area contributed by atoms with Gasteiger partial charge in [-0.15, -0.1) is 0 Å². The average Bonchev–Trinajstić information content (AvgIpc) is 2.57. The van der Waals surface area contributed by atoms with Crippen LogP contribution in [0.2, 0.25) is 0 Å². The van der Waals surface area contributed by atoms with Crippen LogP contribution in [-0.4, -0.2) is 41.7 Å². The van der Waals surface area contributed by atoms with Gasteiger partial charge in [-0.2, -0.15) is 0 Å². The zero-order valence-electron chi connectivity index (χ0n) is 16.6. The number of thiocarbonyl (C=S) groups is 1. The molecule has 1 aromatic rings. The van der Waals surface area contributed by atoms with Gasteiger partial charge in [-0.05, 0) is 57.0 Å². The first-order valence-electron chi connectivity index (χ1n) is 9.86. The Morgan fingerprint density at radius 3 is 2.40 bits per heavy atom. The maximum atomic E-state index is 5.84. The second kappa shape index (κ2) is 9.54. The maximum Gasteiger partial charge on any atom is 0.173 e. The molecule has 3 nitrogen and oxygen atoms in total. The van der Waals surface area contributed by atoms with E-state index in [1.807, 2.05) is 0 Å². The van der Waals surface area contributed by atoms with Crippen LogP contribution in [0.4, 0.5) is 5.69 Å². The molecular weight excluding hydrogens is 326 g/mol. The van der Waals surface area contributed by atoms with E-state index in [4.69, 9.17) is 12.2 Å². The van der Waals surface area contributed by atoms with Crippen molar-refractivity contribution in [3.8, 4) is 0 Å². The topological polar surface area (TPSA) is 19.7 Å². The molecule has 0 aliphatic carbocycles. The van der Waals surface area contributed by atoms with Crippen molar-refractivity contribution in [3.63, 3.8) is 0 Å². The lowest BCUT2D eigenvalue weighted by molar-refractivity contribution is -0.926. The van der Waals surface area contributed by atoms with Gasteiger partial charge in [0.05, 0.1) is 19.1 Å². The van der Waals surface area contributed by atoms with E-state index in [2.05, 4.69) is 69.1 Å². The average molecular weight is 363 g/mol. The number of hydrogen-bond acceptors (Lipinski definition) is 1. The molecule has 2 N–H and O–H groups in total. The molecule has 140 valence electrons. The van der Waals surface area contributed by atoms with Crippen molar-refractivity contribution in [1.29, 1.82) is 0 Å². The van der Waals surface area contributed by atoms with Crippen molar-refractivity contribution in [2.45, 2.75) is 66.0 Å². The predicted molar refractivity (Wildman–Crippen MR) is 112 cm³/mol. The van der Waals surface area contributed by atoms with E-state index in [1.165, 1.54) is 37.9 Å². The molecule has 0 saturated carbocycles. The SMILES string of the molecule is Cc1ccccc1NC(=S)N(CCC(C)C)C1CC[NH+](C(C)C)CC1. The van der Waals surface area contributed by atoms with E-state index >= 15 is 0 Å². The van der Waals surface area contributed by atoms with E-state index in [0.717, 1.165) is 23.4 Å². The lowest BCUT2D eigenvalue weighted by Crippen LogP contribution is -3.16. The highest BCUT2D eigenvalue weighted by Gasteiger charge is 2.29. The molecule has 1 fully saturated rings. The Hall–Kier alpha value is -1.13. The van der Waals surface area contributed by atoms with Crippen LogP contribution in [-0.2, 0) is 0 Å². The van der Waals surface area contributed by atoms with Gasteiger partial charge in [0.25, 0.3) is 0 Å². The fraction of sp³-hybridized carbons (Fsp3) is 0.667. The summed E-state index contributed by atoms with van der Waals surface area (Å²) < 4.78 is 0. The van der Waals surface area contributed by atoms with Crippen molar-refractivity contribution in [2.24, 2.45) is 5.92 Å². The molecule has 4 heteroatoms. The summed E-state index contributed by atoms with van der Waals surface area (Å²) in [5.41, 5.74) is 2.38. The molecule has 1 aliphatic heterocycles. The summed E-state index contributed by atoms with van der Waals surface area (Å²) >= 11 is 5.84. The van der Waals surface area contributed by atoms with Crippen molar-refractivity contribution in [2.75, 3.05) is 25.0 Å². The third kappa shape index (κ3) is 5.96. The number of hydrogen-bond donors (Lipinski definition) is 2. The number of likely N-dealkylation sites (tertiary alicyclic amines) is 1. The van der Waals surface area contributed by atoms with Gasteiger partial charge in [0.2, 0.25) is 0 Å². The van der Waals surface area contributed by atoms with Gasteiger partial charge in [-0.25, -0.2) is 0 Å². The van der Waals surface area contributed by atoms with Gasteiger partial charge in [0.1, 0.15) is 0 Å². The fourth-order valence-corrected chi connectivity index (χ4v) is 3.96. The number of para-hydroxylation sites is 1. The van der Waals surface area contributed by atoms with Gasteiger partial charge in [0.15, 0.2) is 5.11 Å². The van der Waals surface area contributed by atoms with E-state index in [1.54, 1.807) is 4.90 Å². The number of quaternary nitrogens is 1. The molecule has 0 aromatic heterocycles. The van der Waals surface area contributed by atoms with Gasteiger partial charge >= 0.3 is 0 Å². The summed E-state index contributed by atoms with van der Waals surface area (Å²) in [6.07, 6.45) is 3.66. The van der Waals surface area contributed by atoms with Gasteiger partial charge in [-0.1, -0.05) is 32.0 Å². The minimum absolute atomic E-state index is 0.574. The molecule has 1 heterocycles. The van der Waals surface area contributed by atoms with Crippen LogP contribution < -0.4 is 10.2 Å². The van der Waals surface area contributed by atoms with Crippen LogP contribution in [0, 0.1) is 12.8 Å². The standard InChI is InChI=1S/C21H35N3S/c1-16(2)10-15-24(19-11-13-23(14-12-19)17(3)4)21(25)22-20-9-7-6-8-18(20)5/h6-9,16-17,19H,10-15H2,1-5H3,(H,22,25)/p+1. The van der Waals surface area contributed by atoms with E-state index in [9.17, 15) is 0 Å². The summed E-state index contributed by atoms with van der Waals surface area (Å²) in [5.74, 6) is 0.699. The van der Waals surface area contributed by atoms with Gasteiger partial charge in [-0.3, -0.25) is 0 Å². The zero-order valence-corrected chi connectivity index (χ0v) is 17.5. The van der Waals surface area contributed by atoms with Crippen LogP contribution in [0.5, 0.6) is 0 Å². The normalized spacial score (nSPS) is 20.8. The quantitative estimate of drug-likeness (QED) is 0.756. The van der Waals surface area contributed by atoms with Crippen molar-refractivity contribution in [3.05, 3.63) is 29.8 Å². The minimum atomic E-state index is 0.574. The highest BCUT2D eigenvalue weighted by Crippen LogP contribution is 2.18. The number of benzene rings is 1. The number of piperidine rings is 1. The minimum Gasteiger partial charge on any atom is -0.346 e. The molecule has 1 aromatic carbocycles. The summed E-state index contributed by atoms with van der Waals surface area (Å²) in [6.45, 7) is 14.9. The highest BCUT2D eigenvalue weighted by molar-refractivity contribution is 7.80. The number of nitrogens with one attached hydrogen (secondary N) is 2. The molecule has 0 spiro atoms. The molecule has 25 heavy (non-hydrogen) atoms. The number of aryl methyl sites for hydroxylation is 1. The van der Waals surface area contributed by atoms with Crippen LogP contribution >= 0.6 is 12.2 Å². The summed E-state index contributed by atoms with van der Waals surface area (Å²) in [6, 6.07) is 9.69. The Balaban J connectivity index is 2.04. The lowest BCUT2D eigenvalue weighted by atomic mass is 10.0. The molecule has 1 saturated heterocycles. The van der Waals surface area contributed by atoms with Gasteiger partial charge < -0.3 is 15.1 Å². The van der Waals surface area contributed by atoms with E-state index in [-0.39, 0.29) is 0 Å². The van der Waals surface area contributed by atoms with Crippen molar-refractivity contribution in [1.82, 2.24) is 4.90 Å². The monoisotopic (exact) mass is 362 g/mol. The number of anilines is 1. The Kier molecular flexibility index (Phi) is 7.70. The molecule has 0 radical (unpaired) electrons. The maximum absolute atomic E-state index is 5.84. The van der Waals surface area contributed by atoms with Gasteiger partial charge in [0, 0.05) is 31.1 Å². The smallest absolute Gasteiger partial charge is 0.173 e. The second-order valence-electron chi connectivity index (χ2n) is 8.17. The highest BCUT2D eigenvalue weighted by atomic mass is 32.1. The predicted octanol–water partition coefficient (Wildman–Crippen LogP) is 3.50. The van der Waals surface area contributed by atoms with Crippen molar-refractivity contribution < 1.29 is 4.90 Å². The van der Waals surface area contributed by atoms with E-state index in [0.29, 0.717) is 12.0 Å². The Morgan fingerprint density at radius 2 is 1.84 bits per heavy atom. The summed E-state index contributed by atoms with van der Waals surface area (Å²) in [5, 5.41) is 4.41. The molecule has 1 aliphatic rings. The molecule has 0 atom stereocenters. The Morgan fingerprint density at radius 1 is 1.20 bits per heavy atom. The van der Waals surface area contributed by atoms with E-state index < -0.39 is 0 Å². The van der Waals surface area contributed by atoms with Crippen LogP contribution in [0.25, 0.3) is 0 Å². The van der Waals surface area contributed by atoms with Crippen LogP contribution in [0.1, 0.15) is 52.5 Å². The summed E-state index contributed by atoms with van der Waals surface area (Å²) in [4.78, 5) is 4.21. The first-order valence-corrected chi connectivity index (χ1v) is 10.3. The zero-order chi connectivity index (χ0) is 18.4. The molecule has 0 unspecified atom stereocenters. The molecule has 0 amide bonds. The van der Waals surface area contributed by atoms with Crippen LogP contribution in [0.3, 0.4) is 0 Å². The number of rotatable bonds is 6. The molecule has 0 bridgehead atoms. The first kappa shape index (κ1) is 20.2. The first-order chi connectivity index (χ1) is 11.9. The third-order valence-electron chi connectivity index (χ3n) is 5.45. The second-order valence-corrected chi connectivity index (χ2v) is 8.55. The lowest BCUT2D eigenvalue weighted by Gasteiger charge is -2.39. The van der Waals surface area contributed by atoms with Crippen LogP contribution in [0.15, 0.2) is 24.3 Å². The van der Waals surface area contributed by atoms with Crippen molar-refractivity contribution >= 4 is 23.0 Å². The fourth-order valence-electron chi connectivity index (χ4n) is 3.61.